The number of aliphatic hydroxyl groups is 1. The summed E-state index contributed by atoms with van der Waals surface area (Å²) in [4.78, 5) is 12.0. The number of halogens is 3. The zero-order valence-electron chi connectivity index (χ0n) is 7.34. The lowest BCUT2D eigenvalue weighted by Gasteiger charge is -2.46. The Bertz CT molecular complexity index is 236. The number of amides is 1. The van der Waals surface area contributed by atoms with E-state index in [4.69, 9.17) is 10.8 Å². The molecule has 1 heterocycles. The molecule has 4 nitrogen and oxygen atoms in total. The number of alkyl halides is 3. The molecular formula is C7H11F3N2O2. The van der Waals surface area contributed by atoms with E-state index in [1.54, 1.807) is 0 Å². The number of likely N-dealkylation sites (tertiary alicyclic amines) is 1. The van der Waals surface area contributed by atoms with Crippen LogP contribution >= 0.6 is 0 Å². The zero-order valence-corrected chi connectivity index (χ0v) is 7.34. The number of carbonyl (C=O) groups is 1. The normalized spacial score (nSPS) is 20.5. The van der Waals surface area contributed by atoms with Crippen LogP contribution in [0.5, 0.6) is 0 Å². The smallest absolute Gasteiger partial charge is 0.378 e. The Morgan fingerprint density at radius 3 is 2.36 bits per heavy atom. The van der Waals surface area contributed by atoms with E-state index in [-0.39, 0.29) is 13.0 Å². The zero-order chi connectivity index (χ0) is 11.0. The van der Waals surface area contributed by atoms with Crippen LogP contribution in [-0.4, -0.2) is 47.3 Å². The molecule has 1 aliphatic heterocycles. The predicted molar refractivity (Wildman–Crippen MR) is 41.3 cm³/mol. The Labute approximate surface area is 78.5 Å². The van der Waals surface area contributed by atoms with Gasteiger partial charge in [0, 0.05) is 13.0 Å². The molecule has 1 rings (SSSR count). The lowest BCUT2D eigenvalue weighted by molar-refractivity contribution is -0.297. The molecule has 1 amide bonds. The van der Waals surface area contributed by atoms with Crippen LogP contribution in [0.15, 0.2) is 0 Å². The maximum absolute atomic E-state index is 12.1. The van der Waals surface area contributed by atoms with Crippen LogP contribution in [0.25, 0.3) is 0 Å². The summed E-state index contributed by atoms with van der Waals surface area (Å²) in [5.41, 5.74) is 2.34. The highest BCUT2D eigenvalue weighted by Crippen LogP contribution is 2.37. The average molecular weight is 212 g/mol. The SMILES string of the molecule is NCCC(=O)N1CC(O)(C(F)(F)F)C1. The third-order valence-electron chi connectivity index (χ3n) is 2.14. The van der Waals surface area contributed by atoms with Crippen molar-refractivity contribution in [1.82, 2.24) is 4.90 Å². The van der Waals surface area contributed by atoms with E-state index in [9.17, 15) is 18.0 Å². The molecule has 0 radical (unpaired) electrons. The standard InChI is InChI=1S/C7H11F3N2O2/c8-7(9,10)6(14)3-12(4-6)5(13)1-2-11/h14H,1-4,11H2. The molecule has 1 aliphatic rings. The van der Waals surface area contributed by atoms with Crippen LogP contribution in [0.3, 0.4) is 0 Å². The van der Waals surface area contributed by atoms with Gasteiger partial charge in [0.2, 0.25) is 5.91 Å². The summed E-state index contributed by atoms with van der Waals surface area (Å²) in [6, 6.07) is 0. The summed E-state index contributed by atoms with van der Waals surface area (Å²) in [6.45, 7) is -1.27. The van der Waals surface area contributed by atoms with E-state index in [0.717, 1.165) is 4.90 Å². The second-order valence-electron chi connectivity index (χ2n) is 3.32. The number of rotatable bonds is 2. The molecule has 82 valence electrons. The molecule has 14 heavy (non-hydrogen) atoms. The number of carbonyl (C=O) groups excluding carboxylic acids is 1. The topological polar surface area (TPSA) is 66.6 Å². The molecule has 0 aromatic rings. The Morgan fingerprint density at radius 1 is 1.50 bits per heavy atom. The van der Waals surface area contributed by atoms with Crippen molar-refractivity contribution in [2.45, 2.75) is 18.2 Å². The van der Waals surface area contributed by atoms with Crippen LogP contribution in [0, 0.1) is 0 Å². The largest absolute Gasteiger partial charge is 0.420 e. The van der Waals surface area contributed by atoms with Gasteiger partial charge in [0.25, 0.3) is 0 Å². The number of hydrogen-bond donors (Lipinski definition) is 2. The van der Waals surface area contributed by atoms with Crippen molar-refractivity contribution in [3.8, 4) is 0 Å². The molecule has 0 atom stereocenters. The first-order valence-corrected chi connectivity index (χ1v) is 4.07. The van der Waals surface area contributed by atoms with Gasteiger partial charge in [-0.1, -0.05) is 0 Å². The van der Waals surface area contributed by atoms with Gasteiger partial charge in [0.1, 0.15) is 0 Å². The van der Waals surface area contributed by atoms with Gasteiger partial charge in [-0.25, -0.2) is 0 Å². The van der Waals surface area contributed by atoms with E-state index in [2.05, 4.69) is 0 Å². The van der Waals surface area contributed by atoms with Crippen molar-refractivity contribution in [2.24, 2.45) is 5.73 Å². The maximum Gasteiger partial charge on any atom is 0.420 e. The van der Waals surface area contributed by atoms with Gasteiger partial charge in [0.05, 0.1) is 13.1 Å². The fraction of sp³-hybridized carbons (Fsp3) is 0.857. The van der Waals surface area contributed by atoms with Gasteiger partial charge in [-0.2, -0.15) is 13.2 Å². The van der Waals surface area contributed by atoms with Crippen LogP contribution < -0.4 is 5.73 Å². The second kappa shape index (κ2) is 3.39. The van der Waals surface area contributed by atoms with Crippen molar-refractivity contribution in [3.63, 3.8) is 0 Å². The molecule has 0 aromatic carbocycles. The highest BCUT2D eigenvalue weighted by molar-refractivity contribution is 5.77. The van der Waals surface area contributed by atoms with Crippen molar-refractivity contribution in [1.29, 1.82) is 0 Å². The van der Waals surface area contributed by atoms with Crippen LogP contribution in [0.2, 0.25) is 0 Å². The molecule has 0 saturated carbocycles. The molecule has 0 bridgehead atoms. The summed E-state index contributed by atoms with van der Waals surface area (Å²) in [5.74, 6) is -0.457. The molecule has 1 saturated heterocycles. The number of nitrogens with zero attached hydrogens (tertiary/aromatic N) is 1. The Kier molecular flexibility index (Phi) is 2.73. The molecule has 7 heteroatoms. The van der Waals surface area contributed by atoms with E-state index in [1.807, 2.05) is 0 Å². The fourth-order valence-corrected chi connectivity index (χ4v) is 1.22. The van der Waals surface area contributed by atoms with Crippen LogP contribution in [0.4, 0.5) is 13.2 Å². The minimum Gasteiger partial charge on any atom is -0.378 e. The molecule has 0 aliphatic carbocycles. The third kappa shape index (κ3) is 1.83. The lowest BCUT2D eigenvalue weighted by atomic mass is 9.93. The highest BCUT2D eigenvalue weighted by Gasteiger charge is 2.61. The molecule has 0 unspecified atom stereocenters. The van der Waals surface area contributed by atoms with Crippen molar-refractivity contribution >= 4 is 5.91 Å². The van der Waals surface area contributed by atoms with Gasteiger partial charge in [-0.05, 0) is 0 Å². The fourth-order valence-electron chi connectivity index (χ4n) is 1.22. The summed E-state index contributed by atoms with van der Waals surface area (Å²) in [7, 11) is 0. The molecule has 3 N–H and O–H groups in total. The maximum atomic E-state index is 12.1. The van der Waals surface area contributed by atoms with Gasteiger partial charge in [0.15, 0.2) is 5.60 Å². The predicted octanol–water partition coefficient (Wildman–Crippen LogP) is -0.529. The van der Waals surface area contributed by atoms with Crippen molar-refractivity contribution in [3.05, 3.63) is 0 Å². The minimum atomic E-state index is -4.67. The Hall–Kier alpha value is -0.820. The third-order valence-corrected chi connectivity index (χ3v) is 2.14. The average Bonchev–Trinajstić information content (AvgIpc) is 1.96. The first-order chi connectivity index (χ1) is 6.30. The monoisotopic (exact) mass is 212 g/mol. The van der Waals surface area contributed by atoms with E-state index >= 15 is 0 Å². The first-order valence-electron chi connectivity index (χ1n) is 4.07. The van der Waals surface area contributed by atoms with Crippen molar-refractivity contribution in [2.75, 3.05) is 19.6 Å². The van der Waals surface area contributed by atoms with Crippen LogP contribution in [-0.2, 0) is 4.79 Å². The molecule has 0 spiro atoms. The summed E-state index contributed by atoms with van der Waals surface area (Å²) in [5, 5.41) is 8.98. The van der Waals surface area contributed by atoms with E-state index in [1.165, 1.54) is 0 Å². The van der Waals surface area contributed by atoms with Gasteiger partial charge in [-0.3, -0.25) is 4.79 Å². The second-order valence-corrected chi connectivity index (χ2v) is 3.32. The summed E-state index contributed by atoms with van der Waals surface area (Å²) in [6.07, 6.45) is -4.67. The molecule has 1 fully saturated rings. The van der Waals surface area contributed by atoms with E-state index < -0.39 is 30.8 Å². The van der Waals surface area contributed by atoms with Crippen LogP contribution in [0.1, 0.15) is 6.42 Å². The van der Waals surface area contributed by atoms with Gasteiger partial charge >= 0.3 is 6.18 Å². The Balaban J connectivity index is 2.47. The van der Waals surface area contributed by atoms with E-state index in [0.29, 0.717) is 0 Å². The number of β-amino-alcohol motifs (C(OH)–C–C–N with tert-alkyl or cyclic N) is 1. The molecular weight excluding hydrogens is 201 g/mol. The lowest BCUT2D eigenvalue weighted by Crippen LogP contribution is -2.70. The highest BCUT2D eigenvalue weighted by atomic mass is 19.4. The minimum absolute atomic E-state index is 0.00787. The summed E-state index contributed by atoms with van der Waals surface area (Å²) >= 11 is 0. The quantitative estimate of drug-likeness (QED) is 0.646. The van der Waals surface area contributed by atoms with Gasteiger partial charge < -0.3 is 15.7 Å². The first kappa shape index (κ1) is 11.3. The molecule has 0 aromatic heterocycles. The van der Waals surface area contributed by atoms with Gasteiger partial charge in [-0.15, -0.1) is 0 Å². The Morgan fingerprint density at radius 2 is 2.00 bits per heavy atom. The number of nitrogens with two attached hydrogens (primary N) is 1. The summed E-state index contributed by atoms with van der Waals surface area (Å²) < 4.78 is 36.3. The number of hydrogen-bond acceptors (Lipinski definition) is 3. The van der Waals surface area contributed by atoms with Crippen molar-refractivity contribution < 1.29 is 23.1 Å².